The minimum absolute atomic E-state index is 0.0304. The van der Waals surface area contributed by atoms with Crippen molar-refractivity contribution >= 4 is 28.5 Å². The van der Waals surface area contributed by atoms with Gasteiger partial charge in [-0.05, 0) is 24.6 Å². The molecule has 1 aliphatic heterocycles. The number of hydrogen-bond donors (Lipinski definition) is 1. The van der Waals surface area contributed by atoms with Crippen molar-refractivity contribution in [2.45, 2.75) is 24.3 Å². The molecule has 158 valence electrons. The fraction of sp³-hybridized carbons (Fsp3) is 0.368. The molecule has 0 amide bonds. The van der Waals surface area contributed by atoms with Gasteiger partial charge in [-0.3, -0.25) is 4.31 Å². The van der Waals surface area contributed by atoms with E-state index in [1.165, 1.54) is 15.7 Å². The van der Waals surface area contributed by atoms with E-state index in [4.69, 9.17) is 4.74 Å². The van der Waals surface area contributed by atoms with Crippen LogP contribution in [-0.2, 0) is 21.6 Å². The normalized spacial score (nSPS) is 20.2. The van der Waals surface area contributed by atoms with Crippen molar-refractivity contribution in [1.82, 2.24) is 4.31 Å². The molecular formula is C19H21F3N2O3S2. The zero-order valence-electron chi connectivity index (χ0n) is 15.6. The molecule has 10 heteroatoms. The van der Waals surface area contributed by atoms with Gasteiger partial charge in [0.1, 0.15) is 5.82 Å². The average Bonchev–Trinajstić information content (AvgIpc) is 3.07. The summed E-state index contributed by atoms with van der Waals surface area (Å²) >= 11 is 4.40. The SMILES string of the molecule is CN(c1ccccc1)S(=O)(=O)N1C[C@H](S)C[C@H]1COCc1cc(F)c(F)cc1F. The first-order valence-corrected chi connectivity index (χ1v) is 10.8. The Morgan fingerprint density at radius 1 is 1.14 bits per heavy atom. The summed E-state index contributed by atoms with van der Waals surface area (Å²) in [5, 5.41) is -0.178. The number of anilines is 1. The van der Waals surface area contributed by atoms with E-state index in [-0.39, 0.29) is 30.6 Å². The second kappa shape index (κ2) is 8.95. The Hall–Kier alpha value is -1.75. The molecule has 0 aromatic heterocycles. The van der Waals surface area contributed by atoms with Crippen molar-refractivity contribution in [1.29, 1.82) is 0 Å². The lowest BCUT2D eigenvalue weighted by molar-refractivity contribution is 0.0852. The average molecular weight is 447 g/mol. The van der Waals surface area contributed by atoms with Crippen LogP contribution in [0.3, 0.4) is 0 Å². The van der Waals surface area contributed by atoms with Crippen LogP contribution in [0.1, 0.15) is 12.0 Å². The molecule has 0 radical (unpaired) electrons. The van der Waals surface area contributed by atoms with Crippen LogP contribution in [0, 0.1) is 17.5 Å². The number of rotatable bonds is 7. The maximum absolute atomic E-state index is 13.7. The maximum Gasteiger partial charge on any atom is 0.304 e. The lowest BCUT2D eigenvalue weighted by Gasteiger charge is -2.29. The number of benzene rings is 2. The molecule has 29 heavy (non-hydrogen) atoms. The molecule has 2 atom stereocenters. The zero-order chi connectivity index (χ0) is 21.2. The lowest BCUT2D eigenvalue weighted by atomic mass is 10.2. The number of thiol groups is 1. The Kier molecular flexibility index (Phi) is 6.77. The minimum atomic E-state index is -3.84. The molecule has 0 unspecified atom stereocenters. The second-order valence-corrected chi connectivity index (χ2v) is 9.44. The molecule has 5 nitrogen and oxygen atoms in total. The summed E-state index contributed by atoms with van der Waals surface area (Å²) in [6, 6.07) is 9.32. The molecule has 1 aliphatic rings. The maximum atomic E-state index is 13.7. The molecule has 0 saturated carbocycles. The Morgan fingerprint density at radius 3 is 2.48 bits per heavy atom. The largest absolute Gasteiger partial charge is 0.375 e. The van der Waals surface area contributed by atoms with E-state index in [0.29, 0.717) is 18.2 Å². The Bertz CT molecular complexity index is 961. The number of nitrogens with zero attached hydrogens (tertiary/aromatic N) is 2. The van der Waals surface area contributed by atoms with Crippen LogP contribution in [0.5, 0.6) is 0 Å². The van der Waals surface area contributed by atoms with E-state index in [1.807, 2.05) is 0 Å². The standard InChI is InChI=1S/C19H21F3N2O3S2/c1-23(14-5-3-2-4-6-14)29(25,26)24-10-16(28)8-15(24)12-27-11-13-7-18(21)19(22)9-17(13)20/h2-7,9,15-16,28H,8,10-12H2,1H3/t15-,16+/m0/s1. The Morgan fingerprint density at radius 2 is 1.79 bits per heavy atom. The molecule has 0 N–H and O–H groups in total. The highest BCUT2D eigenvalue weighted by Gasteiger charge is 2.40. The highest BCUT2D eigenvalue weighted by atomic mass is 32.2. The monoisotopic (exact) mass is 446 g/mol. The quantitative estimate of drug-likeness (QED) is 0.524. The molecule has 3 rings (SSSR count). The van der Waals surface area contributed by atoms with Crippen molar-refractivity contribution < 1.29 is 26.3 Å². The van der Waals surface area contributed by atoms with Crippen molar-refractivity contribution in [2.24, 2.45) is 0 Å². The fourth-order valence-electron chi connectivity index (χ4n) is 3.20. The molecule has 1 fully saturated rings. The molecule has 0 aliphatic carbocycles. The first-order chi connectivity index (χ1) is 13.7. The molecule has 1 heterocycles. The predicted octanol–water partition coefficient (Wildman–Crippen LogP) is 3.37. The van der Waals surface area contributed by atoms with Gasteiger partial charge in [0.2, 0.25) is 0 Å². The van der Waals surface area contributed by atoms with Gasteiger partial charge in [0.25, 0.3) is 0 Å². The lowest BCUT2D eigenvalue weighted by Crippen LogP contribution is -2.46. The van der Waals surface area contributed by atoms with Gasteiger partial charge in [-0.1, -0.05) is 18.2 Å². The third-order valence-corrected chi connectivity index (χ3v) is 7.08. The molecule has 0 bridgehead atoms. The highest BCUT2D eigenvalue weighted by molar-refractivity contribution is 7.90. The summed E-state index contributed by atoms with van der Waals surface area (Å²) in [6.07, 6.45) is 0.450. The molecule has 2 aromatic carbocycles. The molecule has 1 saturated heterocycles. The summed E-state index contributed by atoms with van der Waals surface area (Å²) in [5.74, 6) is -3.37. The van der Waals surface area contributed by atoms with E-state index in [1.54, 1.807) is 30.3 Å². The van der Waals surface area contributed by atoms with Gasteiger partial charge in [-0.15, -0.1) is 0 Å². The van der Waals surface area contributed by atoms with Crippen LogP contribution in [0.4, 0.5) is 18.9 Å². The molecule has 2 aromatic rings. The Labute approximate surface area is 173 Å². The van der Waals surface area contributed by atoms with Gasteiger partial charge in [0, 0.05) is 30.5 Å². The first-order valence-electron chi connectivity index (χ1n) is 8.90. The number of ether oxygens (including phenoxy) is 1. The van der Waals surface area contributed by atoms with Crippen LogP contribution < -0.4 is 4.31 Å². The van der Waals surface area contributed by atoms with Crippen LogP contribution in [0.15, 0.2) is 42.5 Å². The third kappa shape index (κ3) is 4.88. The van der Waals surface area contributed by atoms with Gasteiger partial charge in [-0.25, -0.2) is 13.2 Å². The number of para-hydroxylation sites is 1. The van der Waals surface area contributed by atoms with Gasteiger partial charge in [0.15, 0.2) is 11.6 Å². The fourth-order valence-corrected chi connectivity index (χ4v) is 5.33. The van der Waals surface area contributed by atoms with E-state index >= 15 is 0 Å². The summed E-state index contributed by atoms with van der Waals surface area (Å²) in [4.78, 5) is 0. The summed E-state index contributed by atoms with van der Waals surface area (Å²) < 4.78 is 74.1. The van der Waals surface area contributed by atoms with Crippen LogP contribution in [0.25, 0.3) is 0 Å². The van der Waals surface area contributed by atoms with Crippen LogP contribution in [-0.4, -0.2) is 44.2 Å². The molecule has 0 spiro atoms. The van der Waals surface area contributed by atoms with E-state index in [2.05, 4.69) is 12.6 Å². The van der Waals surface area contributed by atoms with Crippen LogP contribution in [0.2, 0.25) is 0 Å². The summed E-state index contributed by atoms with van der Waals surface area (Å²) in [7, 11) is -2.37. The molecular weight excluding hydrogens is 425 g/mol. The summed E-state index contributed by atoms with van der Waals surface area (Å²) in [6.45, 7) is -0.132. The van der Waals surface area contributed by atoms with E-state index < -0.39 is 33.7 Å². The van der Waals surface area contributed by atoms with Crippen molar-refractivity contribution in [3.05, 3.63) is 65.5 Å². The third-order valence-electron chi connectivity index (χ3n) is 4.76. The smallest absolute Gasteiger partial charge is 0.304 e. The highest BCUT2D eigenvalue weighted by Crippen LogP contribution is 2.29. The summed E-state index contributed by atoms with van der Waals surface area (Å²) in [5.41, 5.74) is 0.374. The first kappa shape index (κ1) is 21.9. The van der Waals surface area contributed by atoms with Gasteiger partial charge < -0.3 is 4.74 Å². The topological polar surface area (TPSA) is 49.9 Å². The van der Waals surface area contributed by atoms with Gasteiger partial charge in [-0.2, -0.15) is 25.4 Å². The zero-order valence-corrected chi connectivity index (χ0v) is 17.3. The Balaban J connectivity index is 1.69. The van der Waals surface area contributed by atoms with E-state index in [9.17, 15) is 21.6 Å². The van der Waals surface area contributed by atoms with Gasteiger partial charge in [0.05, 0.1) is 24.9 Å². The van der Waals surface area contributed by atoms with Crippen LogP contribution >= 0.6 is 12.6 Å². The second-order valence-electron chi connectivity index (χ2n) is 6.80. The van der Waals surface area contributed by atoms with E-state index in [0.717, 1.165) is 6.07 Å². The number of hydrogen-bond acceptors (Lipinski definition) is 4. The number of halogens is 3. The van der Waals surface area contributed by atoms with Crippen molar-refractivity contribution in [3.63, 3.8) is 0 Å². The minimum Gasteiger partial charge on any atom is -0.375 e. The predicted molar refractivity (Wildman–Crippen MR) is 108 cm³/mol. The van der Waals surface area contributed by atoms with Crippen molar-refractivity contribution in [2.75, 3.05) is 24.5 Å². The van der Waals surface area contributed by atoms with Gasteiger partial charge >= 0.3 is 10.2 Å². The van der Waals surface area contributed by atoms with Crippen molar-refractivity contribution in [3.8, 4) is 0 Å².